The Hall–Kier alpha value is -1.56. The minimum atomic E-state index is -0.608. The van der Waals surface area contributed by atoms with Crippen LogP contribution in [0.15, 0.2) is 11.4 Å². The molecule has 1 aromatic rings. The lowest BCUT2D eigenvalue weighted by Crippen LogP contribution is -2.35. The van der Waals surface area contributed by atoms with Crippen molar-refractivity contribution in [2.24, 2.45) is 0 Å². The van der Waals surface area contributed by atoms with E-state index in [-0.39, 0.29) is 11.8 Å². The fourth-order valence-corrected chi connectivity index (χ4v) is 2.20. The number of hydrogen-bond acceptors (Lipinski definition) is 4. The molecule has 18 heavy (non-hydrogen) atoms. The van der Waals surface area contributed by atoms with Gasteiger partial charge in [-0.15, -0.1) is 11.3 Å². The van der Waals surface area contributed by atoms with Gasteiger partial charge < -0.3 is 14.5 Å². The molecule has 100 valence electrons. The molecule has 1 aromatic heterocycles. The number of amides is 2. The van der Waals surface area contributed by atoms with Gasteiger partial charge in [0.2, 0.25) is 0 Å². The van der Waals surface area contributed by atoms with Crippen molar-refractivity contribution in [2.45, 2.75) is 13.0 Å². The first-order chi connectivity index (χ1) is 8.34. The van der Waals surface area contributed by atoms with Crippen molar-refractivity contribution in [1.82, 2.24) is 9.80 Å². The number of carbonyl (C=O) groups is 2. The molecule has 0 bridgehead atoms. The Bertz CT molecular complexity index is 440. The first-order valence-electron chi connectivity index (χ1n) is 5.51. The van der Waals surface area contributed by atoms with Crippen LogP contribution in [0.2, 0.25) is 0 Å². The molecule has 1 atom stereocenters. The highest BCUT2D eigenvalue weighted by Gasteiger charge is 2.21. The molecule has 1 heterocycles. The molecule has 0 saturated carbocycles. The van der Waals surface area contributed by atoms with Crippen LogP contribution in [0.3, 0.4) is 0 Å². The monoisotopic (exact) mass is 270 g/mol. The Morgan fingerprint density at radius 1 is 1.22 bits per heavy atom. The fraction of sp³-hybridized carbons (Fsp3) is 0.500. The molecule has 5 nitrogen and oxygen atoms in total. The smallest absolute Gasteiger partial charge is 0.267 e. The number of thiophene rings is 1. The molecule has 0 radical (unpaired) electrons. The van der Waals surface area contributed by atoms with E-state index in [0.717, 1.165) is 0 Å². The van der Waals surface area contributed by atoms with E-state index in [2.05, 4.69) is 0 Å². The van der Waals surface area contributed by atoms with Crippen LogP contribution >= 0.6 is 11.3 Å². The number of nitrogens with zero attached hydrogens (tertiary/aromatic N) is 2. The van der Waals surface area contributed by atoms with Gasteiger partial charge in [0.1, 0.15) is 10.6 Å². The molecule has 6 heteroatoms. The van der Waals surface area contributed by atoms with E-state index < -0.39 is 6.10 Å². The van der Waals surface area contributed by atoms with Crippen molar-refractivity contribution < 1.29 is 14.3 Å². The highest BCUT2D eigenvalue weighted by Crippen LogP contribution is 2.27. The molecule has 0 saturated heterocycles. The molecule has 0 fully saturated rings. The Kier molecular flexibility index (Phi) is 4.72. The summed E-state index contributed by atoms with van der Waals surface area (Å²) < 4.78 is 5.55. The highest BCUT2D eigenvalue weighted by molar-refractivity contribution is 7.12. The zero-order chi connectivity index (χ0) is 13.9. The average Bonchev–Trinajstić information content (AvgIpc) is 2.74. The van der Waals surface area contributed by atoms with Crippen LogP contribution in [0.5, 0.6) is 5.75 Å². The summed E-state index contributed by atoms with van der Waals surface area (Å²) in [5, 5.41) is 1.78. The van der Waals surface area contributed by atoms with Crippen LogP contribution in [-0.2, 0) is 4.79 Å². The summed E-state index contributed by atoms with van der Waals surface area (Å²) in [6.07, 6.45) is -0.608. The van der Waals surface area contributed by atoms with Gasteiger partial charge in [-0.05, 0) is 18.4 Å². The third-order valence-corrected chi connectivity index (χ3v) is 3.21. The lowest BCUT2D eigenvalue weighted by atomic mass is 10.3. The minimum Gasteiger partial charge on any atom is -0.479 e. The number of likely N-dealkylation sites (N-methyl/N-ethyl adjacent to an activating group) is 1. The van der Waals surface area contributed by atoms with E-state index in [4.69, 9.17) is 4.74 Å². The Morgan fingerprint density at radius 3 is 2.33 bits per heavy atom. The van der Waals surface area contributed by atoms with Gasteiger partial charge in [0.05, 0.1) is 0 Å². The number of rotatable bonds is 4. The van der Waals surface area contributed by atoms with Crippen molar-refractivity contribution in [1.29, 1.82) is 0 Å². The summed E-state index contributed by atoms with van der Waals surface area (Å²) in [6.45, 7) is 1.67. The summed E-state index contributed by atoms with van der Waals surface area (Å²) in [7, 11) is 6.70. The van der Waals surface area contributed by atoms with Crippen molar-refractivity contribution in [2.75, 3.05) is 28.2 Å². The number of hydrogen-bond donors (Lipinski definition) is 0. The molecule has 0 aliphatic carbocycles. The van der Waals surface area contributed by atoms with Crippen molar-refractivity contribution in [3.05, 3.63) is 16.3 Å². The molecule has 0 aliphatic heterocycles. The molecule has 0 aromatic carbocycles. The predicted octanol–water partition coefficient (Wildman–Crippen LogP) is 1.31. The van der Waals surface area contributed by atoms with Crippen LogP contribution in [0.25, 0.3) is 0 Å². The van der Waals surface area contributed by atoms with Crippen LogP contribution in [-0.4, -0.2) is 55.9 Å². The Balaban J connectivity index is 2.83. The lowest BCUT2D eigenvalue weighted by molar-refractivity contribution is -0.135. The van der Waals surface area contributed by atoms with Gasteiger partial charge in [-0.1, -0.05) is 0 Å². The zero-order valence-corrected chi connectivity index (χ0v) is 12.1. The maximum atomic E-state index is 11.9. The summed E-state index contributed by atoms with van der Waals surface area (Å²) >= 11 is 1.31. The van der Waals surface area contributed by atoms with Crippen LogP contribution in [0, 0.1) is 0 Å². The topological polar surface area (TPSA) is 49.9 Å². The largest absolute Gasteiger partial charge is 0.479 e. The maximum Gasteiger partial charge on any atom is 0.267 e. The first kappa shape index (κ1) is 14.5. The van der Waals surface area contributed by atoms with Gasteiger partial charge in [-0.3, -0.25) is 9.59 Å². The lowest BCUT2D eigenvalue weighted by Gasteiger charge is -2.18. The van der Waals surface area contributed by atoms with Crippen LogP contribution in [0.1, 0.15) is 16.6 Å². The van der Waals surface area contributed by atoms with E-state index in [1.807, 2.05) is 0 Å². The molecule has 2 amide bonds. The molecule has 0 aliphatic rings. The summed E-state index contributed by atoms with van der Waals surface area (Å²) in [4.78, 5) is 27.0. The number of carbonyl (C=O) groups excluding carboxylic acids is 2. The first-order valence-corrected chi connectivity index (χ1v) is 6.39. The normalized spacial score (nSPS) is 11.8. The van der Waals surface area contributed by atoms with E-state index in [0.29, 0.717) is 10.6 Å². The summed E-state index contributed by atoms with van der Waals surface area (Å²) in [5.74, 6) is 0.204. The zero-order valence-electron chi connectivity index (χ0n) is 11.3. The number of ether oxygens (including phenoxy) is 1. The van der Waals surface area contributed by atoms with Crippen molar-refractivity contribution >= 4 is 23.2 Å². The highest BCUT2D eigenvalue weighted by atomic mass is 32.1. The predicted molar refractivity (Wildman–Crippen MR) is 71.1 cm³/mol. The maximum absolute atomic E-state index is 11.9. The van der Waals surface area contributed by atoms with Gasteiger partial charge in [-0.2, -0.15) is 0 Å². The molecular formula is C12H18N2O3S. The molecule has 0 unspecified atom stereocenters. The van der Waals surface area contributed by atoms with Gasteiger partial charge in [-0.25, -0.2) is 0 Å². The van der Waals surface area contributed by atoms with Gasteiger partial charge in [0.25, 0.3) is 11.8 Å². The second-order valence-electron chi connectivity index (χ2n) is 4.31. The molecular weight excluding hydrogens is 252 g/mol. The van der Waals surface area contributed by atoms with E-state index in [1.54, 1.807) is 46.6 Å². The molecule has 1 rings (SSSR count). The fourth-order valence-electron chi connectivity index (χ4n) is 1.35. The van der Waals surface area contributed by atoms with E-state index >= 15 is 0 Å². The Morgan fingerprint density at radius 2 is 1.83 bits per heavy atom. The quantitative estimate of drug-likeness (QED) is 0.828. The van der Waals surface area contributed by atoms with Crippen LogP contribution < -0.4 is 4.74 Å². The molecule has 0 N–H and O–H groups in total. The van der Waals surface area contributed by atoms with Gasteiger partial charge >= 0.3 is 0 Å². The van der Waals surface area contributed by atoms with Crippen molar-refractivity contribution in [3.63, 3.8) is 0 Å². The third-order valence-electron chi connectivity index (χ3n) is 2.32. The minimum absolute atomic E-state index is 0.121. The second kappa shape index (κ2) is 5.86. The molecule has 0 spiro atoms. The summed E-state index contributed by atoms with van der Waals surface area (Å²) in [6, 6.07) is 1.71. The summed E-state index contributed by atoms with van der Waals surface area (Å²) in [5.41, 5.74) is 0. The SMILES string of the molecule is C[C@@H](Oc1ccsc1C(=O)N(C)C)C(=O)N(C)C. The van der Waals surface area contributed by atoms with E-state index in [9.17, 15) is 9.59 Å². The van der Waals surface area contributed by atoms with Crippen molar-refractivity contribution in [3.8, 4) is 5.75 Å². The standard InChI is InChI=1S/C12H18N2O3S/c1-8(11(15)13(2)3)17-9-6-7-18-10(9)12(16)14(4)5/h6-8H,1-5H3/t8-/m1/s1. The average molecular weight is 270 g/mol. The Labute approximate surface area is 111 Å². The van der Waals surface area contributed by atoms with Gasteiger partial charge in [0.15, 0.2) is 6.10 Å². The van der Waals surface area contributed by atoms with E-state index in [1.165, 1.54) is 21.1 Å². The third kappa shape index (κ3) is 3.22. The van der Waals surface area contributed by atoms with Gasteiger partial charge in [0, 0.05) is 28.2 Å². The second-order valence-corrected chi connectivity index (χ2v) is 5.22. The van der Waals surface area contributed by atoms with Crippen LogP contribution in [0.4, 0.5) is 0 Å².